The van der Waals surface area contributed by atoms with Crippen LogP contribution in [0.4, 0.5) is 9.59 Å². The van der Waals surface area contributed by atoms with Gasteiger partial charge in [0, 0.05) is 23.9 Å². The number of H-pyrrole nitrogens is 2. The summed E-state index contributed by atoms with van der Waals surface area (Å²) in [6.07, 6.45) is 8.51. The zero-order valence-electron chi connectivity index (χ0n) is 38.1. The zero-order chi connectivity index (χ0) is 46.3. The number of nitrogens with zero attached hydrogens (tertiary/aromatic N) is 4. The van der Waals surface area contributed by atoms with Gasteiger partial charge >= 0.3 is 12.2 Å². The number of methoxy groups -OCH3 is 2. The van der Waals surface area contributed by atoms with E-state index in [1.807, 2.05) is 43.9 Å². The number of aromatic amines is 2. The van der Waals surface area contributed by atoms with Crippen molar-refractivity contribution in [2.75, 3.05) is 40.5 Å². The number of allylic oxidation sites excluding steroid dienone is 3. The Morgan fingerprint density at radius 2 is 1.68 bits per heavy atom. The summed E-state index contributed by atoms with van der Waals surface area (Å²) in [7, 11) is 2.58. The Hall–Kier alpha value is -6.33. The van der Waals surface area contributed by atoms with E-state index in [1.165, 1.54) is 19.8 Å². The molecule has 1 aliphatic carbocycles. The zero-order valence-corrected chi connectivity index (χ0v) is 38.1. The van der Waals surface area contributed by atoms with Gasteiger partial charge in [0.15, 0.2) is 5.79 Å². The largest absolute Gasteiger partial charge is 0.453 e. The van der Waals surface area contributed by atoms with Gasteiger partial charge in [-0.1, -0.05) is 81.1 Å². The van der Waals surface area contributed by atoms with Crippen LogP contribution >= 0.6 is 0 Å². The van der Waals surface area contributed by atoms with Crippen LogP contribution in [-0.2, 0) is 36.6 Å². The van der Waals surface area contributed by atoms with Crippen LogP contribution < -0.4 is 10.6 Å². The smallest absolute Gasteiger partial charge is 0.407 e. The number of fused-ring (bicyclic) bond motifs is 6. The van der Waals surface area contributed by atoms with E-state index in [1.54, 1.807) is 17.1 Å². The van der Waals surface area contributed by atoms with Crippen molar-refractivity contribution in [3.8, 4) is 22.4 Å². The van der Waals surface area contributed by atoms with Crippen LogP contribution in [0, 0.1) is 5.92 Å². The molecule has 5 heterocycles. The standard InChI is InChI=1S/C50H58N8O8/c1-7-8-9-11-29(4)41(56-49(62)64-6)47(60)58-27-50(65-22-23-66-50)26-39(58)45-52-37-20-16-33-25-31(14-18-35(33)43(37)54-45)30-13-17-34-32(24-30)15-19-36-42(34)53-44(51-36)38-12-10-21-57(38)46(59)40(28(2)3)55-48(61)63-5/h7-9,11,13-15,17-19,24-25,28,38-41,46,59H,4,10,12,16,20-23,26-27H2,1-3,5-6H3,(H,51,53)(H,52,54)(H,55,61)(H,56,62)/b8-7-,11-9-/t38-,39?,40-,41+,46?/m0/s1. The number of likely N-dealkylation sites (tertiary alicyclic amines) is 2. The number of imidazole rings is 2. The molecule has 0 saturated carbocycles. The Kier molecular flexibility index (Phi) is 12.6. The minimum absolute atomic E-state index is 0.0236. The summed E-state index contributed by atoms with van der Waals surface area (Å²) >= 11 is 0. The number of benzene rings is 3. The molecule has 9 rings (SSSR count). The van der Waals surface area contributed by atoms with Crippen molar-refractivity contribution in [1.82, 2.24) is 40.4 Å². The Morgan fingerprint density at radius 1 is 0.939 bits per heavy atom. The van der Waals surface area contributed by atoms with Crippen molar-refractivity contribution in [2.45, 2.75) is 89.1 Å². The Morgan fingerprint density at radius 3 is 2.44 bits per heavy atom. The highest BCUT2D eigenvalue weighted by atomic mass is 16.7. The number of nitrogens with one attached hydrogen (secondary N) is 4. The second kappa shape index (κ2) is 18.5. The molecule has 1 spiro atoms. The summed E-state index contributed by atoms with van der Waals surface area (Å²) in [5.41, 5.74) is 8.47. The summed E-state index contributed by atoms with van der Waals surface area (Å²) in [5, 5.41) is 19.2. The maximum Gasteiger partial charge on any atom is 0.407 e. The van der Waals surface area contributed by atoms with E-state index < -0.39 is 42.3 Å². The number of aromatic nitrogens is 4. The van der Waals surface area contributed by atoms with Gasteiger partial charge in [0.2, 0.25) is 0 Å². The highest BCUT2D eigenvalue weighted by Gasteiger charge is 2.53. The number of aliphatic hydroxyl groups is 1. The van der Waals surface area contributed by atoms with Gasteiger partial charge in [-0.15, -0.1) is 0 Å². The number of ether oxygens (including phenoxy) is 4. The number of aliphatic hydroxyl groups excluding tert-OH is 1. The molecule has 5 atom stereocenters. The quantitative estimate of drug-likeness (QED) is 0.0799. The molecule has 2 unspecified atom stereocenters. The molecule has 346 valence electrons. The van der Waals surface area contributed by atoms with Gasteiger partial charge in [0.1, 0.15) is 23.9 Å². The van der Waals surface area contributed by atoms with Crippen LogP contribution in [0.3, 0.4) is 0 Å². The Bertz CT molecular complexity index is 2730. The Balaban J connectivity index is 0.969. The van der Waals surface area contributed by atoms with Gasteiger partial charge in [-0.25, -0.2) is 19.6 Å². The number of hydrogen-bond donors (Lipinski definition) is 5. The highest BCUT2D eigenvalue weighted by molar-refractivity contribution is 6.05. The lowest BCUT2D eigenvalue weighted by Crippen LogP contribution is -2.54. The summed E-state index contributed by atoms with van der Waals surface area (Å²) in [6, 6.07) is 14.9. The second-order valence-corrected chi connectivity index (χ2v) is 17.9. The number of alkyl carbamates (subject to hydrolysis) is 2. The molecular formula is C50H58N8O8. The first-order valence-corrected chi connectivity index (χ1v) is 22.7. The first kappa shape index (κ1) is 44.9. The monoisotopic (exact) mass is 898 g/mol. The van der Waals surface area contributed by atoms with Crippen LogP contribution in [0.1, 0.15) is 75.0 Å². The molecular weight excluding hydrogens is 841 g/mol. The molecule has 3 saturated heterocycles. The summed E-state index contributed by atoms with van der Waals surface area (Å²) in [4.78, 5) is 60.2. The van der Waals surface area contributed by atoms with E-state index >= 15 is 0 Å². The SMILES string of the molecule is C=C(/C=C\C=C/C)[C@@H](NC(=O)OC)C(=O)N1CC2(CC1c1nc3c([nH]1)-c1ccc(-c4ccc5c(ccc6nc([C@@H]7CCCN7C(O)[C@@H](NC(=O)OC)C(C)C)[nH]c65)c4)cc1CC3)OCCO2. The predicted molar refractivity (Wildman–Crippen MR) is 249 cm³/mol. The molecule has 5 aromatic rings. The van der Waals surface area contributed by atoms with E-state index in [9.17, 15) is 19.5 Å². The fraction of sp³-hybridized carbons (Fsp3) is 0.420. The molecule has 3 aromatic carbocycles. The number of carbonyl (C=O) groups is 3. The van der Waals surface area contributed by atoms with Gasteiger partial charge in [-0.3, -0.25) is 9.69 Å². The van der Waals surface area contributed by atoms with E-state index in [2.05, 4.69) is 69.6 Å². The van der Waals surface area contributed by atoms with Crippen molar-refractivity contribution in [2.24, 2.45) is 5.92 Å². The maximum absolute atomic E-state index is 14.5. The van der Waals surface area contributed by atoms with E-state index in [0.29, 0.717) is 44.0 Å². The van der Waals surface area contributed by atoms with Gasteiger partial charge in [0.05, 0.1) is 74.5 Å². The Labute approximate surface area is 383 Å². The van der Waals surface area contributed by atoms with Crippen LogP contribution in [0.25, 0.3) is 44.2 Å². The number of carbonyl (C=O) groups excluding carboxylic acids is 3. The second-order valence-electron chi connectivity index (χ2n) is 17.9. The van der Waals surface area contributed by atoms with Gasteiger partial charge in [-0.2, -0.15) is 0 Å². The number of aryl methyl sites for hydroxylation is 2. The third kappa shape index (κ3) is 8.49. The minimum atomic E-state index is -1.09. The van der Waals surface area contributed by atoms with Gasteiger partial charge in [0.25, 0.3) is 5.91 Å². The molecule has 0 bridgehead atoms. The molecule has 3 fully saturated rings. The first-order valence-electron chi connectivity index (χ1n) is 22.7. The highest BCUT2D eigenvalue weighted by Crippen LogP contribution is 2.45. The van der Waals surface area contributed by atoms with E-state index in [-0.39, 0.29) is 24.4 Å². The summed E-state index contributed by atoms with van der Waals surface area (Å²) < 4.78 is 22.0. The fourth-order valence-electron chi connectivity index (χ4n) is 10.1. The van der Waals surface area contributed by atoms with Crippen molar-refractivity contribution in [3.63, 3.8) is 0 Å². The van der Waals surface area contributed by atoms with Crippen LogP contribution in [0.5, 0.6) is 0 Å². The molecule has 2 aromatic heterocycles. The maximum atomic E-state index is 14.5. The fourth-order valence-corrected chi connectivity index (χ4v) is 10.1. The van der Waals surface area contributed by atoms with E-state index in [4.69, 9.17) is 28.9 Å². The molecule has 16 heteroatoms. The molecule has 0 radical (unpaired) electrons. The number of hydrogen-bond acceptors (Lipinski definition) is 11. The predicted octanol–water partition coefficient (Wildman–Crippen LogP) is 7.14. The van der Waals surface area contributed by atoms with Crippen molar-refractivity contribution in [3.05, 3.63) is 108 Å². The third-order valence-electron chi connectivity index (χ3n) is 13.5. The van der Waals surface area contributed by atoms with Crippen LogP contribution in [0.2, 0.25) is 0 Å². The lowest BCUT2D eigenvalue weighted by Gasteiger charge is -2.35. The molecule has 3 amide bonds. The van der Waals surface area contributed by atoms with Crippen LogP contribution in [-0.4, -0.2) is 118 Å². The molecule has 66 heavy (non-hydrogen) atoms. The molecule has 4 aliphatic rings. The first-order chi connectivity index (χ1) is 31.9. The molecule has 3 aliphatic heterocycles. The topological polar surface area (TPSA) is 196 Å². The van der Waals surface area contributed by atoms with Crippen molar-refractivity contribution >= 4 is 39.9 Å². The van der Waals surface area contributed by atoms with Crippen molar-refractivity contribution in [1.29, 1.82) is 0 Å². The van der Waals surface area contributed by atoms with E-state index in [0.717, 1.165) is 75.0 Å². The number of amides is 3. The molecule has 5 N–H and O–H groups in total. The van der Waals surface area contributed by atoms with Gasteiger partial charge in [-0.05, 0) is 78.3 Å². The normalized spacial score (nSPS) is 20.6. The van der Waals surface area contributed by atoms with Gasteiger partial charge < -0.3 is 49.6 Å². The van der Waals surface area contributed by atoms with Crippen LogP contribution in [0.15, 0.2) is 85.0 Å². The number of rotatable bonds is 12. The summed E-state index contributed by atoms with van der Waals surface area (Å²) in [5.74, 6) is 0.0304. The average molecular weight is 899 g/mol. The average Bonchev–Trinajstić information content (AvgIpc) is 4.19. The summed E-state index contributed by atoms with van der Waals surface area (Å²) in [6.45, 7) is 11.6. The molecule has 16 nitrogen and oxygen atoms in total. The lowest BCUT2D eigenvalue weighted by molar-refractivity contribution is -0.152. The minimum Gasteiger partial charge on any atom is -0.453 e. The lowest BCUT2D eigenvalue weighted by atomic mass is 9.89. The van der Waals surface area contributed by atoms with Crippen molar-refractivity contribution < 1.29 is 38.4 Å². The third-order valence-corrected chi connectivity index (χ3v) is 13.5.